The van der Waals surface area contributed by atoms with E-state index in [1.807, 2.05) is 6.92 Å². The first-order valence-corrected chi connectivity index (χ1v) is 9.00. The zero-order chi connectivity index (χ0) is 16.7. The number of amides is 1. The van der Waals surface area contributed by atoms with Gasteiger partial charge in [-0.15, -0.1) is 24.0 Å². The molecule has 0 bridgehead atoms. The van der Waals surface area contributed by atoms with Crippen molar-refractivity contribution in [2.45, 2.75) is 58.4 Å². The van der Waals surface area contributed by atoms with E-state index in [0.717, 1.165) is 12.5 Å². The van der Waals surface area contributed by atoms with Crippen molar-refractivity contribution in [3.63, 3.8) is 0 Å². The van der Waals surface area contributed by atoms with E-state index in [4.69, 9.17) is 4.74 Å². The molecule has 0 aliphatic heterocycles. The molecule has 140 valence electrons. The van der Waals surface area contributed by atoms with Gasteiger partial charge in [0.2, 0.25) is 0 Å². The fourth-order valence-electron chi connectivity index (χ4n) is 3.19. The summed E-state index contributed by atoms with van der Waals surface area (Å²) in [6.45, 7) is 6.15. The molecule has 0 saturated heterocycles. The predicted molar refractivity (Wildman–Crippen MR) is 108 cm³/mol. The van der Waals surface area contributed by atoms with Crippen molar-refractivity contribution in [3.05, 3.63) is 0 Å². The van der Waals surface area contributed by atoms with E-state index in [2.05, 4.69) is 27.9 Å². The number of nitrogens with one attached hydrogen (secondary N) is 3. The van der Waals surface area contributed by atoms with Crippen LogP contribution in [0.2, 0.25) is 0 Å². The molecule has 1 unspecified atom stereocenters. The summed E-state index contributed by atoms with van der Waals surface area (Å²) < 4.78 is 4.99. The molecule has 7 heteroatoms. The van der Waals surface area contributed by atoms with Crippen LogP contribution in [-0.2, 0) is 4.74 Å². The van der Waals surface area contributed by atoms with E-state index in [1.165, 1.54) is 38.5 Å². The normalized spacial score (nSPS) is 20.2. The first kappa shape index (κ1) is 21.3. The number of carbonyl (C=O) groups is 1. The van der Waals surface area contributed by atoms with Crippen LogP contribution < -0.4 is 16.0 Å². The quantitative estimate of drug-likeness (QED) is 0.301. The average Bonchev–Trinajstić information content (AvgIpc) is 3.33. The molecular formula is C17H33IN4O2. The maximum atomic E-state index is 11.6. The van der Waals surface area contributed by atoms with Gasteiger partial charge in [-0.2, -0.15) is 0 Å². The molecular weight excluding hydrogens is 419 g/mol. The van der Waals surface area contributed by atoms with Crippen LogP contribution in [0.1, 0.15) is 52.4 Å². The van der Waals surface area contributed by atoms with Crippen LogP contribution in [0.4, 0.5) is 4.79 Å². The van der Waals surface area contributed by atoms with E-state index in [1.54, 1.807) is 7.05 Å². The number of ether oxygens (including phenoxy) is 1. The Labute approximate surface area is 163 Å². The number of carbonyl (C=O) groups excluding carboxylic acids is 1. The van der Waals surface area contributed by atoms with E-state index in [0.29, 0.717) is 24.5 Å². The molecule has 24 heavy (non-hydrogen) atoms. The molecule has 2 aliphatic rings. The van der Waals surface area contributed by atoms with Crippen molar-refractivity contribution in [3.8, 4) is 0 Å². The first-order chi connectivity index (χ1) is 11.1. The summed E-state index contributed by atoms with van der Waals surface area (Å²) in [5, 5.41) is 9.76. The summed E-state index contributed by atoms with van der Waals surface area (Å²) in [6, 6.07) is 0.108. The third-order valence-corrected chi connectivity index (χ3v) is 5.28. The van der Waals surface area contributed by atoms with Crippen LogP contribution in [0.5, 0.6) is 0 Å². The summed E-state index contributed by atoms with van der Waals surface area (Å²) in [5.74, 6) is 1.37. The molecule has 2 fully saturated rings. The largest absolute Gasteiger partial charge is 0.450 e. The lowest BCUT2D eigenvalue weighted by Gasteiger charge is -2.41. The summed E-state index contributed by atoms with van der Waals surface area (Å²) >= 11 is 0. The molecule has 0 spiro atoms. The maximum Gasteiger partial charge on any atom is 0.407 e. The fraction of sp³-hybridized carbons (Fsp3) is 0.882. The summed E-state index contributed by atoms with van der Waals surface area (Å²) in [7, 11) is 1.79. The molecule has 2 aliphatic carbocycles. The van der Waals surface area contributed by atoms with Crippen LogP contribution in [0.15, 0.2) is 4.99 Å². The van der Waals surface area contributed by atoms with Gasteiger partial charge in [-0.05, 0) is 50.4 Å². The van der Waals surface area contributed by atoms with E-state index in [-0.39, 0.29) is 36.1 Å². The molecule has 0 radical (unpaired) electrons. The minimum atomic E-state index is -0.325. The monoisotopic (exact) mass is 452 g/mol. The SMILES string of the molecule is CCOC(=O)NC(CNC(=NC)NCC1(CC)CCC1)C1CC1.I. The molecule has 1 atom stereocenters. The number of nitrogens with zero attached hydrogens (tertiary/aromatic N) is 1. The number of hydrogen-bond donors (Lipinski definition) is 3. The Balaban J connectivity index is 0.00000288. The molecule has 0 aromatic heterocycles. The molecule has 0 aromatic carbocycles. The van der Waals surface area contributed by atoms with E-state index >= 15 is 0 Å². The molecule has 2 rings (SSSR count). The number of alkyl carbamates (subject to hydrolysis) is 1. The van der Waals surface area contributed by atoms with Crippen molar-refractivity contribution in [2.24, 2.45) is 16.3 Å². The van der Waals surface area contributed by atoms with Gasteiger partial charge < -0.3 is 20.7 Å². The van der Waals surface area contributed by atoms with Crippen molar-refractivity contribution >= 4 is 36.0 Å². The zero-order valence-electron chi connectivity index (χ0n) is 15.2. The van der Waals surface area contributed by atoms with Crippen LogP contribution in [0.25, 0.3) is 0 Å². The lowest BCUT2D eigenvalue weighted by atomic mass is 9.67. The van der Waals surface area contributed by atoms with Crippen molar-refractivity contribution in [2.75, 3.05) is 26.7 Å². The van der Waals surface area contributed by atoms with Crippen LogP contribution in [0.3, 0.4) is 0 Å². The molecule has 1 amide bonds. The highest BCUT2D eigenvalue weighted by Crippen LogP contribution is 2.43. The Bertz CT molecular complexity index is 417. The lowest BCUT2D eigenvalue weighted by Crippen LogP contribution is -2.50. The Morgan fingerprint density at radius 1 is 1.29 bits per heavy atom. The Hall–Kier alpha value is -0.730. The zero-order valence-corrected chi connectivity index (χ0v) is 17.5. The fourth-order valence-corrected chi connectivity index (χ4v) is 3.19. The third kappa shape index (κ3) is 6.29. The van der Waals surface area contributed by atoms with Gasteiger partial charge in [0.1, 0.15) is 0 Å². The third-order valence-electron chi connectivity index (χ3n) is 5.28. The van der Waals surface area contributed by atoms with Gasteiger partial charge in [-0.1, -0.05) is 13.3 Å². The highest BCUT2D eigenvalue weighted by atomic mass is 127. The van der Waals surface area contributed by atoms with Gasteiger partial charge in [0, 0.05) is 20.1 Å². The molecule has 2 saturated carbocycles. The topological polar surface area (TPSA) is 74.8 Å². The number of aliphatic imine (C=N–C) groups is 1. The minimum Gasteiger partial charge on any atom is -0.450 e. The molecule has 0 aromatic rings. The van der Waals surface area contributed by atoms with Crippen molar-refractivity contribution < 1.29 is 9.53 Å². The average molecular weight is 452 g/mol. The maximum absolute atomic E-state index is 11.6. The van der Waals surface area contributed by atoms with Gasteiger partial charge in [0.15, 0.2) is 5.96 Å². The molecule has 0 heterocycles. The Morgan fingerprint density at radius 2 is 2.00 bits per heavy atom. The minimum absolute atomic E-state index is 0. The van der Waals surface area contributed by atoms with Crippen LogP contribution in [-0.4, -0.2) is 44.8 Å². The van der Waals surface area contributed by atoms with Gasteiger partial charge in [0.25, 0.3) is 0 Å². The van der Waals surface area contributed by atoms with Gasteiger partial charge in [-0.25, -0.2) is 4.79 Å². The summed E-state index contributed by atoms with van der Waals surface area (Å²) in [5.41, 5.74) is 0.455. The number of halogens is 1. The standard InChI is InChI=1S/C17H32N4O2.HI/c1-4-17(9-6-10-17)12-20-15(18-3)19-11-14(13-7-8-13)21-16(22)23-5-2;/h13-14H,4-12H2,1-3H3,(H,21,22)(H2,18,19,20);1H. The van der Waals surface area contributed by atoms with Crippen LogP contribution in [0, 0.1) is 11.3 Å². The first-order valence-electron chi connectivity index (χ1n) is 9.00. The number of guanidine groups is 1. The van der Waals surface area contributed by atoms with Gasteiger partial charge >= 0.3 is 6.09 Å². The van der Waals surface area contributed by atoms with Crippen molar-refractivity contribution in [1.82, 2.24) is 16.0 Å². The predicted octanol–water partition coefficient (Wildman–Crippen LogP) is 2.87. The number of rotatable bonds is 8. The van der Waals surface area contributed by atoms with E-state index < -0.39 is 0 Å². The van der Waals surface area contributed by atoms with Gasteiger partial charge in [0.05, 0.1) is 12.6 Å². The summed E-state index contributed by atoms with van der Waals surface area (Å²) in [6.07, 6.45) is 7.19. The lowest BCUT2D eigenvalue weighted by molar-refractivity contribution is 0.131. The highest BCUT2D eigenvalue weighted by Gasteiger charge is 2.35. The van der Waals surface area contributed by atoms with Crippen molar-refractivity contribution in [1.29, 1.82) is 0 Å². The second kappa shape index (κ2) is 10.3. The second-order valence-corrected chi connectivity index (χ2v) is 6.82. The molecule has 6 nitrogen and oxygen atoms in total. The van der Waals surface area contributed by atoms with E-state index in [9.17, 15) is 4.79 Å². The van der Waals surface area contributed by atoms with Crippen LogP contribution >= 0.6 is 24.0 Å². The number of hydrogen-bond acceptors (Lipinski definition) is 3. The smallest absolute Gasteiger partial charge is 0.407 e. The van der Waals surface area contributed by atoms with Gasteiger partial charge in [-0.3, -0.25) is 4.99 Å². The molecule has 3 N–H and O–H groups in total. The highest BCUT2D eigenvalue weighted by molar-refractivity contribution is 14.0. The Morgan fingerprint density at radius 3 is 2.46 bits per heavy atom. The Kier molecular flexibility index (Phi) is 9.15. The second-order valence-electron chi connectivity index (χ2n) is 6.82. The summed E-state index contributed by atoms with van der Waals surface area (Å²) in [4.78, 5) is 15.9.